The lowest BCUT2D eigenvalue weighted by Crippen LogP contribution is -2.30. The number of aromatic nitrogens is 2. The van der Waals surface area contributed by atoms with Crippen molar-refractivity contribution < 1.29 is 13.2 Å². The van der Waals surface area contributed by atoms with Crippen molar-refractivity contribution in [2.75, 3.05) is 5.73 Å². The summed E-state index contributed by atoms with van der Waals surface area (Å²) in [5.41, 5.74) is 8.43. The summed E-state index contributed by atoms with van der Waals surface area (Å²) >= 11 is 0. The maximum absolute atomic E-state index is 12.6. The molecule has 0 saturated heterocycles. The van der Waals surface area contributed by atoms with Crippen LogP contribution in [0, 0.1) is 5.92 Å². The average Bonchev–Trinajstić information content (AvgIpc) is 2.72. The number of nitrogens with zero attached hydrogens (tertiary/aromatic N) is 2. The van der Waals surface area contributed by atoms with Crippen molar-refractivity contribution in [1.29, 1.82) is 0 Å². The molecule has 0 atom stereocenters. The molecule has 2 aromatic carbocycles. The second-order valence-electron chi connectivity index (χ2n) is 7.35. The molecule has 3 rings (SSSR count). The van der Waals surface area contributed by atoms with Gasteiger partial charge in [-0.15, -0.1) is 0 Å². The summed E-state index contributed by atoms with van der Waals surface area (Å²) in [4.78, 5) is 20.5. The molecule has 1 aromatic heterocycles. The third-order valence-electron chi connectivity index (χ3n) is 4.45. The van der Waals surface area contributed by atoms with Crippen LogP contribution in [0.4, 0.5) is 5.95 Å². The van der Waals surface area contributed by atoms with Crippen molar-refractivity contribution in [2.45, 2.75) is 31.6 Å². The van der Waals surface area contributed by atoms with Gasteiger partial charge in [0.1, 0.15) is 0 Å². The van der Waals surface area contributed by atoms with Crippen LogP contribution < -0.4 is 10.5 Å². The number of carbonyl (C=O) groups is 1. The van der Waals surface area contributed by atoms with Crippen molar-refractivity contribution in [2.24, 2.45) is 5.92 Å². The fourth-order valence-electron chi connectivity index (χ4n) is 2.87. The highest BCUT2D eigenvalue weighted by Crippen LogP contribution is 2.26. The summed E-state index contributed by atoms with van der Waals surface area (Å²) in [6.45, 7) is 3.95. The summed E-state index contributed by atoms with van der Waals surface area (Å²) < 4.78 is 27.4. The molecule has 1 amide bonds. The van der Waals surface area contributed by atoms with Crippen LogP contribution in [0.15, 0.2) is 65.6 Å². The van der Waals surface area contributed by atoms with Gasteiger partial charge in [-0.2, -0.15) is 0 Å². The van der Waals surface area contributed by atoms with E-state index in [1.165, 1.54) is 12.1 Å². The Kier molecular flexibility index (Phi) is 6.47. The molecule has 30 heavy (non-hydrogen) atoms. The Bertz CT molecular complexity index is 1150. The first-order chi connectivity index (χ1) is 14.2. The number of hydrogen-bond donors (Lipinski definition) is 2. The van der Waals surface area contributed by atoms with Gasteiger partial charge in [-0.25, -0.2) is 23.1 Å². The largest absolute Gasteiger partial charge is 0.368 e. The van der Waals surface area contributed by atoms with Crippen molar-refractivity contribution in [3.63, 3.8) is 0 Å². The Morgan fingerprint density at radius 3 is 2.27 bits per heavy atom. The van der Waals surface area contributed by atoms with E-state index in [1.807, 2.05) is 44.2 Å². The average molecular weight is 425 g/mol. The van der Waals surface area contributed by atoms with E-state index in [9.17, 15) is 13.2 Å². The second-order valence-corrected chi connectivity index (χ2v) is 9.03. The SMILES string of the molecule is CC(C)CCC(=O)NS(=O)(=O)c1cccc(-c2cc(-c3ccccc3)nc(N)n2)c1. The standard InChI is InChI=1S/C22H24N4O3S/c1-15(2)11-12-21(27)26-30(28,29)18-10-6-9-17(13-18)20-14-19(24-22(23)25-20)16-7-4-3-5-8-16/h3-10,13-15H,11-12H2,1-2H3,(H,26,27)(H2,23,24,25). The molecule has 0 aliphatic rings. The van der Waals surface area contributed by atoms with E-state index in [0.29, 0.717) is 29.3 Å². The zero-order chi connectivity index (χ0) is 21.7. The van der Waals surface area contributed by atoms with Crippen LogP contribution in [0.3, 0.4) is 0 Å². The van der Waals surface area contributed by atoms with E-state index in [1.54, 1.807) is 18.2 Å². The van der Waals surface area contributed by atoms with Gasteiger partial charge in [-0.3, -0.25) is 4.79 Å². The number of nitrogens with two attached hydrogens (primary N) is 1. The van der Waals surface area contributed by atoms with E-state index < -0.39 is 15.9 Å². The zero-order valence-electron chi connectivity index (χ0n) is 16.9. The van der Waals surface area contributed by atoms with E-state index >= 15 is 0 Å². The molecule has 8 heteroatoms. The smallest absolute Gasteiger partial charge is 0.264 e. The van der Waals surface area contributed by atoms with Crippen LogP contribution in [-0.2, 0) is 14.8 Å². The maximum atomic E-state index is 12.6. The molecule has 0 radical (unpaired) electrons. The van der Waals surface area contributed by atoms with Crippen LogP contribution in [0.1, 0.15) is 26.7 Å². The van der Waals surface area contributed by atoms with Gasteiger partial charge in [0.2, 0.25) is 11.9 Å². The first-order valence-electron chi connectivity index (χ1n) is 9.60. The highest BCUT2D eigenvalue weighted by Gasteiger charge is 2.19. The van der Waals surface area contributed by atoms with Crippen LogP contribution in [-0.4, -0.2) is 24.3 Å². The minimum atomic E-state index is -3.98. The van der Waals surface area contributed by atoms with Crippen molar-refractivity contribution >= 4 is 21.9 Å². The van der Waals surface area contributed by atoms with Gasteiger partial charge in [0.25, 0.3) is 10.0 Å². The predicted molar refractivity (Wildman–Crippen MR) is 117 cm³/mol. The topological polar surface area (TPSA) is 115 Å². The fraction of sp³-hybridized carbons (Fsp3) is 0.227. The first kappa shape index (κ1) is 21.4. The lowest BCUT2D eigenvalue weighted by atomic mass is 10.1. The number of rotatable bonds is 7. The summed E-state index contributed by atoms with van der Waals surface area (Å²) in [5, 5.41) is 0. The molecular weight excluding hydrogens is 400 g/mol. The van der Waals surface area contributed by atoms with Gasteiger partial charge >= 0.3 is 0 Å². The lowest BCUT2D eigenvalue weighted by Gasteiger charge is -2.10. The van der Waals surface area contributed by atoms with E-state index in [2.05, 4.69) is 14.7 Å². The van der Waals surface area contributed by atoms with Gasteiger partial charge in [0, 0.05) is 17.5 Å². The highest BCUT2D eigenvalue weighted by molar-refractivity contribution is 7.90. The summed E-state index contributed by atoms with van der Waals surface area (Å²) in [6.07, 6.45) is 0.767. The minimum Gasteiger partial charge on any atom is -0.368 e. The summed E-state index contributed by atoms with van der Waals surface area (Å²) in [6, 6.07) is 17.5. The van der Waals surface area contributed by atoms with Crippen LogP contribution in [0.2, 0.25) is 0 Å². The van der Waals surface area contributed by atoms with E-state index in [-0.39, 0.29) is 17.3 Å². The Hall–Kier alpha value is -3.26. The molecule has 7 nitrogen and oxygen atoms in total. The second kappa shape index (κ2) is 9.04. The van der Waals surface area contributed by atoms with Crippen molar-refractivity contribution in [1.82, 2.24) is 14.7 Å². The fourth-order valence-corrected chi connectivity index (χ4v) is 3.93. The number of hydrogen-bond acceptors (Lipinski definition) is 6. The normalized spacial score (nSPS) is 11.4. The summed E-state index contributed by atoms with van der Waals surface area (Å²) in [7, 11) is -3.98. The maximum Gasteiger partial charge on any atom is 0.264 e. The molecule has 0 fully saturated rings. The first-order valence-corrected chi connectivity index (χ1v) is 11.1. The van der Waals surface area contributed by atoms with E-state index in [0.717, 1.165) is 5.56 Å². The van der Waals surface area contributed by atoms with Crippen molar-refractivity contribution in [3.05, 3.63) is 60.7 Å². The number of nitrogen functional groups attached to an aromatic ring is 1. The molecule has 0 aliphatic carbocycles. The Balaban J connectivity index is 1.90. The monoisotopic (exact) mass is 424 g/mol. The highest BCUT2D eigenvalue weighted by atomic mass is 32.2. The number of amides is 1. The Morgan fingerprint density at radius 2 is 1.60 bits per heavy atom. The lowest BCUT2D eigenvalue weighted by molar-refractivity contribution is -0.119. The van der Waals surface area contributed by atoms with Crippen molar-refractivity contribution in [3.8, 4) is 22.5 Å². The number of benzene rings is 2. The Morgan fingerprint density at radius 1 is 0.967 bits per heavy atom. The predicted octanol–water partition coefficient (Wildman–Crippen LogP) is 3.63. The zero-order valence-corrected chi connectivity index (χ0v) is 17.7. The molecule has 156 valence electrons. The number of nitrogens with one attached hydrogen (secondary N) is 1. The molecule has 3 aromatic rings. The quantitative estimate of drug-likeness (QED) is 0.598. The molecule has 0 unspecified atom stereocenters. The van der Waals surface area contributed by atoms with Crippen LogP contribution in [0.25, 0.3) is 22.5 Å². The van der Waals surface area contributed by atoms with Gasteiger partial charge < -0.3 is 5.73 Å². The van der Waals surface area contributed by atoms with Gasteiger partial charge in [0.05, 0.1) is 16.3 Å². The third kappa shape index (κ3) is 5.42. The van der Waals surface area contributed by atoms with Gasteiger partial charge in [-0.1, -0.05) is 56.3 Å². The molecule has 3 N–H and O–H groups in total. The Labute approximate surface area is 176 Å². The molecular formula is C22H24N4O3S. The minimum absolute atomic E-state index is 0.0173. The molecule has 0 aliphatic heterocycles. The van der Waals surface area contributed by atoms with Gasteiger partial charge in [-0.05, 0) is 30.5 Å². The molecule has 0 spiro atoms. The number of sulfonamides is 1. The molecule has 0 saturated carbocycles. The van der Waals surface area contributed by atoms with Crippen LogP contribution >= 0.6 is 0 Å². The third-order valence-corrected chi connectivity index (χ3v) is 5.82. The molecule has 0 bridgehead atoms. The van der Waals surface area contributed by atoms with Crippen LogP contribution in [0.5, 0.6) is 0 Å². The van der Waals surface area contributed by atoms with E-state index in [4.69, 9.17) is 5.73 Å². The molecule has 1 heterocycles. The number of anilines is 1. The number of carbonyl (C=O) groups excluding carboxylic acids is 1. The summed E-state index contributed by atoms with van der Waals surface area (Å²) in [5.74, 6) is -0.128. The van der Waals surface area contributed by atoms with Gasteiger partial charge in [0.15, 0.2) is 0 Å².